The Bertz CT molecular complexity index is 1270. The van der Waals surface area contributed by atoms with Crippen molar-refractivity contribution in [2.45, 2.75) is 13.3 Å². The lowest BCUT2D eigenvalue weighted by Crippen LogP contribution is -2.27. The number of hydrogen-bond donors (Lipinski definition) is 2. The van der Waals surface area contributed by atoms with E-state index in [4.69, 9.17) is 0 Å². The molecule has 4 rings (SSSR count). The molecular weight excluding hydrogens is 421 g/mol. The summed E-state index contributed by atoms with van der Waals surface area (Å²) in [7, 11) is 0. The predicted octanol–water partition coefficient (Wildman–Crippen LogP) is 3.94. The van der Waals surface area contributed by atoms with Crippen LogP contribution >= 0.6 is 0 Å². The summed E-state index contributed by atoms with van der Waals surface area (Å²) in [5.41, 5.74) is 2.40. The molecule has 0 bridgehead atoms. The third kappa shape index (κ3) is 5.30. The van der Waals surface area contributed by atoms with Gasteiger partial charge >= 0.3 is 0 Å². The van der Waals surface area contributed by atoms with Crippen LogP contribution in [0, 0.1) is 12.7 Å². The highest BCUT2D eigenvalue weighted by molar-refractivity contribution is 6.07. The molecule has 7 nitrogen and oxygen atoms in total. The largest absolute Gasteiger partial charge is 0.352 e. The summed E-state index contributed by atoms with van der Waals surface area (Å²) in [6.45, 7) is 2.16. The maximum absolute atomic E-state index is 13.2. The lowest BCUT2D eigenvalue weighted by atomic mass is 10.1. The van der Waals surface area contributed by atoms with Crippen LogP contribution in [0.15, 0.2) is 78.9 Å². The minimum Gasteiger partial charge on any atom is -0.352 e. The number of anilines is 1. The van der Waals surface area contributed by atoms with Crippen LogP contribution in [0.2, 0.25) is 0 Å². The monoisotopic (exact) mass is 443 g/mol. The summed E-state index contributed by atoms with van der Waals surface area (Å²) in [6.07, 6.45) is 0.700. The van der Waals surface area contributed by atoms with Crippen LogP contribution in [0.3, 0.4) is 0 Å². The Kier molecular flexibility index (Phi) is 6.54. The normalized spacial score (nSPS) is 10.6. The van der Waals surface area contributed by atoms with Gasteiger partial charge in [0.05, 0.1) is 16.9 Å². The summed E-state index contributed by atoms with van der Waals surface area (Å²) in [5, 5.41) is 9.84. The molecule has 8 heteroatoms. The molecule has 2 N–H and O–H groups in total. The minimum atomic E-state index is -0.552. The Morgan fingerprint density at radius 3 is 2.36 bits per heavy atom. The van der Waals surface area contributed by atoms with Gasteiger partial charge in [0.1, 0.15) is 11.6 Å². The van der Waals surface area contributed by atoms with E-state index in [-0.39, 0.29) is 17.5 Å². The zero-order chi connectivity index (χ0) is 23.2. The Morgan fingerprint density at radius 1 is 0.909 bits per heavy atom. The molecule has 0 fully saturated rings. The molecule has 0 spiro atoms. The van der Waals surface area contributed by atoms with Crippen molar-refractivity contribution in [3.8, 4) is 5.69 Å². The lowest BCUT2D eigenvalue weighted by molar-refractivity contribution is 0.0955. The van der Waals surface area contributed by atoms with E-state index < -0.39 is 5.91 Å². The second-order valence-electron chi connectivity index (χ2n) is 7.36. The van der Waals surface area contributed by atoms with Crippen LogP contribution in [0.25, 0.3) is 5.69 Å². The van der Waals surface area contributed by atoms with Gasteiger partial charge in [0, 0.05) is 6.54 Å². The van der Waals surface area contributed by atoms with E-state index in [1.54, 1.807) is 43.3 Å². The molecule has 3 aromatic carbocycles. The van der Waals surface area contributed by atoms with Crippen LogP contribution in [0.4, 0.5) is 10.1 Å². The summed E-state index contributed by atoms with van der Waals surface area (Å²) < 4.78 is 14.7. The Balaban J connectivity index is 1.45. The molecule has 0 aliphatic carbocycles. The molecule has 166 valence electrons. The first-order valence-corrected chi connectivity index (χ1v) is 10.4. The van der Waals surface area contributed by atoms with E-state index in [1.807, 2.05) is 30.3 Å². The van der Waals surface area contributed by atoms with Gasteiger partial charge in [-0.15, -0.1) is 5.10 Å². The summed E-state index contributed by atoms with van der Waals surface area (Å²) in [5.74, 6) is -0.797. The molecule has 0 aliphatic heterocycles. The van der Waals surface area contributed by atoms with Gasteiger partial charge in [0.25, 0.3) is 11.8 Å². The smallest absolute Gasteiger partial charge is 0.295 e. The van der Waals surface area contributed by atoms with Gasteiger partial charge < -0.3 is 10.6 Å². The van der Waals surface area contributed by atoms with Crippen LogP contribution in [-0.4, -0.2) is 33.1 Å². The van der Waals surface area contributed by atoms with Gasteiger partial charge in [-0.25, -0.2) is 14.1 Å². The maximum Gasteiger partial charge on any atom is 0.295 e. The summed E-state index contributed by atoms with van der Waals surface area (Å²) in [4.78, 5) is 29.7. The topological polar surface area (TPSA) is 88.9 Å². The van der Waals surface area contributed by atoms with Crippen molar-refractivity contribution < 1.29 is 14.0 Å². The zero-order valence-corrected chi connectivity index (χ0v) is 18.0. The fraction of sp³-hybridized carbons (Fsp3) is 0.120. The number of halogens is 1. The number of amides is 2. The summed E-state index contributed by atoms with van der Waals surface area (Å²) in [6, 6.07) is 22.3. The average molecular weight is 443 g/mol. The highest BCUT2D eigenvalue weighted by Crippen LogP contribution is 2.17. The molecule has 0 unspecified atom stereocenters. The molecule has 2 amide bonds. The third-order valence-corrected chi connectivity index (χ3v) is 5.01. The molecular formula is C25H22FN5O2. The number of hydrogen-bond acceptors (Lipinski definition) is 4. The van der Waals surface area contributed by atoms with Crippen LogP contribution in [0.1, 0.15) is 32.4 Å². The van der Waals surface area contributed by atoms with Crippen molar-refractivity contribution >= 4 is 17.5 Å². The number of para-hydroxylation sites is 1. The number of carbonyl (C=O) groups excluding carboxylic acids is 2. The zero-order valence-electron chi connectivity index (χ0n) is 18.0. The first-order valence-electron chi connectivity index (χ1n) is 10.4. The van der Waals surface area contributed by atoms with Crippen molar-refractivity contribution in [2.75, 3.05) is 11.9 Å². The van der Waals surface area contributed by atoms with E-state index in [9.17, 15) is 14.0 Å². The third-order valence-electron chi connectivity index (χ3n) is 5.01. The second-order valence-corrected chi connectivity index (χ2v) is 7.36. The molecule has 33 heavy (non-hydrogen) atoms. The molecule has 1 aromatic heterocycles. The lowest BCUT2D eigenvalue weighted by Gasteiger charge is -2.10. The van der Waals surface area contributed by atoms with Gasteiger partial charge in [-0.3, -0.25) is 9.59 Å². The first kappa shape index (κ1) is 21.9. The van der Waals surface area contributed by atoms with Gasteiger partial charge in [-0.1, -0.05) is 42.5 Å². The van der Waals surface area contributed by atoms with Crippen molar-refractivity contribution in [3.63, 3.8) is 0 Å². The molecule has 0 atom stereocenters. The number of rotatable bonds is 7. The number of benzene rings is 3. The Hall–Kier alpha value is -4.33. The average Bonchev–Trinajstić information content (AvgIpc) is 3.22. The van der Waals surface area contributed by atoms with Gasteiger partial charge in [-0.05, 0) is 55.3 Å². The van der Waals surface area contributed by atoms with E-state index in [1.165, 1.54) is 16.8 Å². The Labute approximate surface area is 190 Å². The van der Waals surface area contributed by atoms with Gasteiger partial charge in [-0.2, -0.15) is 0 Å². The van der Waals surface area contributed by atoms with E-state index in [0.717, 1.165) is 5.56 Å². The van der Waals surface area contributed by atoms with Crippen molar-refractivity contribution in [2.24, 2.45) is 0 Å². The SMILES string of the molecule is Cc1nc(C(=O)Nc2ccccc2C(=O)NCCc2ccccc2)nn1-c1ccc(F)cc1. The first-order chi connectivity index (χ1) is 16.0. The van der Waals surface area contributed by atoms with E-state index in [2.05, 4.69) is 20.7 Å². The van der Waals surface area contributed by atoms with Crippen molar-refractivity contribution in [1.29, 1.82) is 0 Å². The highest BCUT2D eigenvalue weighted by Gasteiger charge is 2.18. The van der Waals surface area contributed by atoms with Crippen LogP contribution < -0.4 is 10.6 Å². The minimum absolute atomic E-state index is 0.0592. The quantitative estimate of drug-likeness (QED) is 0.453. The van der Waals surface area contributed by atoms with Crippen molar-refractivity contribution in [1.82, 2.24) is 20.1 Å². The molecule has 0 saturated carbocycles. The molecule has 0 aliphatic rings. The van der Waals surface area contributed by atoms with Gasteiger partial charge in [0.15, 0.2) is 0 Å². The van der Waals surface area contributed by atoms with E-state index >= 15 is 0 Å². The predicted molar refractivity (Wildman–Crippen MR) is 123 cm³/mol. The summed E-state index contributed by atoms with van der Waals surface area (Å²) >= 11 is 0. The number of aromatic nitrogens is 3. The van der Waals surface area contributed by atoms with Crippen molar-refractivity contribution in [3.05, 3.63) is 107 Å². The maximum atomic E-state index is 13.2. The number of aryl methyl sites for hydroxylation is 1. The van der Waals surface area contributed by atoms with E-state index in [0.29, 0.717) is 35.7 Å². The number of nitrogens with zero attached hydrogens (tertiary/aromatic N) is 3. The van der Waals surface area contributed by atoms with Crippen LogP contribution in [-0.2, 0) is 6.42 Å². The standard InChI is InChI=1S/C25H22FN5O2/c1-17-28-23(30-31(17)20-13-11-19(26)12-14-20)25(33)29-22-10-6-5-9-21(22)24(32)27-16-15-18-7-3-2-4-8-18/h2-14H,15-16H2,1H3,(H,27,32)(H,29,33). The second kappa shape index (κ2) is 9.86. The Morgan fingerprint density at radius 2 is 1.61 bits per heavy atom. The molecule has 0 saturated heterocycles. The number of nitrogens with one attached hydrogen (secondary N) is 2. The fourth-order valence-electron chi connectivity index (χ4n) is 3.34. The number of carbonyl (C=O) groups is 2. The van der Waals surface area contributed by atoms with Crippen LogP contribution in [0.5, 0.6) is 0 Å². The van der Waals surface area contributed by atoms with Gasteiger partial charge in [0.2, 0.25) is 5.82 Å². The highest BCUT2D eigenvalue weighted by atomic mass is 19.1. The molecule has 0 radical (unpaired) electrons. The molecule has 4 aromatic rings. The fourth-order valence-corrected chi connectivity index (χ4v) is 3.34. The molecule has 1 heterocycles.